The van der Waals surface area contributed by atoms with E-state index >= 15 is 0 Å². The number of hydrogen-bond acceptors (Lipinski definition) is 5. The van der Waals surface area contributed by atoms with Gasteiger partial charge in [0.2, 0.25) is 10.0 Å². The van der Waals surface area contributed by atoms with Gasteiger partial charge in [-0.25, -0.2) is 13.1 Å². The molecular weight excluding hydrogens is 356 g/mol. The lowest BCUT2D eigenvalue weighted by molar-refractivity contribution is 0.102. The predicted molar refractivity (Wildman–Crippen MR) is 97.3 cm³/mol. The van der Waals surface area contributed by atoms with E-state index in [1.807, 2.05) is 6.92 Å². The molecule has 0 radical (unpaired) electrons. The Kier molecular flexibility index (Phi) is 5.43. The zero-order chi connectivity index (χ0) is 18.6. The number of nitrogens with one attached hydrogen (secondary N) is 2. The van der Waals surface area contributed by atoms with Crippen LogP contribution in [0.1, 0.15) is 23.7 Å². The maximum atomic E-state index is 12.5. The zero-order valence-electron chi connectivity index (χ0n) is 14.3. The lowest BCUT2D eigenvalue weighted by Crippen LogP contribution is -2.24. The minimum atomic E-state index is -3.63. The topological polar surface area (TPSA) is 93.7 Å². The first kappa shape index (κ1) is 18.2. The Morgan fingerprint density at radius 3 is 2.62 bits per heavy atom. The van der Waals surface area contributed by atoms with Crippen LogP contribution in [0.15, 0.2) is 47.4 Å². The highest BCUT2D eigenvalue weighted by atomic mass is 32.2. The molecule has 0 aliphatic carbocycles. The van der Waals surface area contributed by atoms with Crippen molar-refractivity contribution < 1.29 is 22.7 Å². The second-order valence-corrected chi connectivity index (χ2v) is 7.51. The van der Waals surface area contributed by atoms with Crippen molar-refractivity contribution in [2.45, 2.75) is 18.2 Å². The summed E-state index contributed by atoms with van der Waals surface area (Å²) in [6.45, 7) is 3.16. The van der Waals surface area contributed by atoms with Crippen molar-refractivity contribution in [2.24, 2.45) is 0 Å². The van der Waals surface area contributed by atoms with Crippen molar-refractivity contribution in [1.29, 1.82) is 0 Å². The lowest BCUT2D eigenvalue weighted by atomic mass is 10.2. The maximum absolute atomic E-state index is 12.5. The van der Waals surface area contributed by atoms with Crippen molar-refractivity contribution >= 4 is 21.6 Å². The van der Waals surface area contributed by atoms with Gasteiger partial charge >= 0.3 is 0 Å². The quantitative estimate of drug-likeness (QED) is 0.807. The van der Waals surface area contributed by atoms with E-state index in [2.05, 4.69) is 10.0 Å². The Hall–Kier alpha value is -2.58. The largest absolute Gasteiger partial charge is 0.486 e. The van der Waals surface area contributed by atoms with Gasteiger partial charge in [0.05, 0.1) is 4.90 Å². The van der Waals surface area contributed by atoms with Crippen LogP contribution in [0.3, 0.4) is 0 Å². The van der Waals surface area contributed by atoms with Gasteiger partial charge in [0.1, 0.15) is 13.2 Å². The minimum absolute atomic E-state index is 0.0563. The van der Waals surface area contributed by atoms with E-state index < -0.39 is 15.9 Å². The molecule has 138 valence electrons. The number of amides is 1. The Labute approximate surface area is 152 Å². The van der Waals surface area contributed by atoms with Crippen LogP contribution in [0, 0.1) is 0 Å². The smallest absolute Gasteiger partial charge is 0.255 e. The van der Waals surface area contributed by atoms with Crippen LogP contribution in [-0.2, 0) is 10.0 Å². The Bertz CT molecular complexity index is 912. The molecule has 1 aliphatic rings. The van der Waals surface area contributed by atoms with Gasteiger partial charge in [-0.2, -0.15) is 0 Å². The van der Waals surface area contributed by atoms with E-state index in [4.69, 9.17) is 9.47 Å². The molecule has 0 aromatic heterocycles. The number of benzene rings is 2. The third-order valence-electron chi connectivity index (χ3n) is 3.75. The monoisotopic (exact) mass is 376 g/mol. The molecule has 0 saturated carbocycles. The first-order valence-electron chi connectivity index (χ1n) is 8.30. The van der Waals surface area contributed by atoms with E-state index in [9.17, 15) is 13.2 Å². The fraction of sp³-hybridized carbons (Fsp3) is 0.278. The fourth-order valence-corrected chi connectivity index (χ4v) is 3.63. The number of carbonyl (C=O) groups is 1. The number of sulfonamides is 1. The van der Waals surface area contributed by atoms with Gasteiger partial charge in [-0.15, -0.1) is 0 Å². The molecule has 0 atom stereocenters. The summed E-state index contributed by atoms with van der Waals surface area (Å²) in [5.41, 5.74) is 0.788. The summed E-state index contributed by atoms with van der Waals surface area (Å²) in [6, 6.07) is 11.0. The third-order valence-corrected chi connectivity index (χ3v) is 5.21. The second-order valence-electron chi connectivity index (χ2n) is 5.74. The maximum Gasteiger partial charge on any atom is 0.255 e. The predicted octanol–water partition coefficient (Wildman–Crippen LogP) is 2.40. The molecule has 0 saturated heterocycles. The number of fused-ring (bicyclic) bond motifs is 1. The Morgan fingerprint density at radius 2 is 1.85 bits per heavy atom. The van der Waals surface area contributed by atoms with E-state index in [0.717, 1.165) is 0 Å². The van der Waals surface area contributed by atoms with Gasteiger partial charge in [-0.3, -0.25) is 4.79 Å². The highest BCUT2D eigenvalue weighted by Gasteiger charge is 2.17. The molecule has 2 aromatic rings. The molecule has 0 bridgehead atoms. The van der Waals surface area contributed by atoms with Crippen molar-refractivity contribution in [3.05, 3.63) is 48.0 Å². The van der Waals surface area contributed by atoms with Gasteiger partial charge in [-0.1, -0.05) is 13.0 Å². The summed E-state index contributed by atoms with van der Waals surface area (Å²) < 4.78 is 37.8. The third kappa shape index (κ3) is 4.14. The van der Waals surface area contributed by atoms with Gasteiger partial charge in [0, 0.05) is 23.9 Å². The molecule has 1 heterocycles. The molecule has 2 aromatic carbocycles. The molecule has 2 N–H and O–H groups in total. The van der Waals surface area contributed by atoms with Gasteiger partial charge in [0.25, 0.3) is 5.91 Å². The van der Waals surface area contributed by atoms with Crippen molar-refractivity contribution in [2.75, 3.05) is 25.1 Å². The summed E-state index contributed by atoms with van der Waals surface area (Å²) in [6.07, 6.45) is 0.684. The summed E-state index contributed by atoms with van der Waals surface area (Å²) >= 11 is 0. The number of rotatable bonds is 6. The van der Waals surface area contributed by atoms with Gasteiger partial charge < -0.3 is 14.8 Å². The fourth-order valence-electron chi connectivity index (χ4n) is 2.45. The molecule has 1 amide bonds. The molecule has 7 nitrogen and oxygen atoms in total. The molecule has 8 heteroatoms. The number of ether oxygens (including phenoxy) is 2. The normalized spacial score (nSPS) is 13.3. The average Bonchev–Trinajstić information content (AvgIpc) is 2.66. The van der Waals surface area contributed by atoms with Crippen LogP contribution in [0.25, 0.3) is 0 Å². The highest BCUT2D eigenvalue weighted by Crippen LogP contribution is 2.32. The van der Waals surface area contributed by atoms with E-state index in [-0.39, 0.29) is 10.5 Å². The minimum Gasteiger partial charge on any atom is -0.486 e. The number of carbonyl (C=O) groups excluding carboxylic acids is 1. The molecule has 0 fully saturated rings. The molecule has 3 rings (SSSR count). The molecule has 26 heavy (non-hydrogen) atoms. The second kappa shape index (κ2) is 7.76. The van der Waals surface area contributed by atoms with Crippen LogP contribution in [0.5, 0.6) is 11.5 Å². The highest BCUT2D eigenvalue weighted by molar-refractivity contribution is 7.89. The van der Waals surface area contributed by atoms with Crippen LogP contribution < -0.4 is 19.5 Å². The summed E-state index contributed by atoms with van der Waals surface area (Å²) in [5, 5.41) is 2.74. The molecule has 0 spiro atoms. The van der Waals surface area contributed by atoms with Crippen LogP contribution in [-0.4, -0.2) is 34.1 Å². The number of anilines is 1. The van der Waals surface area contributed by atoms with Crippen LogP contribution in [0.2, 0.25) is 0 Å². The number of hydrogen-bond donors (Lipinski definition) is 2. The molecular formula is C18H20N2O5S. The van der Waals surface area contributed by atoms with E-state index in [0.29, 0.717) is 43.4 Å². The average molecular weight is 376 g/mol. The first-order chi connectivity index (χ1) is 12.5. The van der Waals surface area contributed by atoms with Crippen molar-refractivity contribution in [3.63, 3.8) is 0 Å². The Morgan fingerprint density at radius 1 is 1.08 bits per heavy atom. The van der Waals surface area contributed by atoms with Crippen LogP contribution in [0.4, 0.5) is 5.69 Å². The van der Waals surface area contributed by atoms with E-state index in [1.54, 1.807) is 30.3 Å². The lowest BCUT2D eigenvalue weighted by Gasteiger charge is -2.19. The van der Waals surface area contributed by atoms with E-state index in [1.165, 1.54) is 12.1 Å². The molecule has 1 aliphatic heterocycles. The SMILES string of the molecule is CCCNS(=O)(=O)c1cccc(C(=O)Nc2ccc3c(c2)OCCO3)c1. The van der Waals surface area contributed by atoms with Gasteiger partial charge in [-0.05, 0) is 36.8 Å². The van der Waals surface area contributed by atoms with Crippen molar-refractivity contribution in [1.82, 2.24) is 4.72 Å². The first-order valence-corrected chi connectivity index (χ1v) is 9.78. The summed E-state index contributed by atoms with van der Waals surface area (Å²) in [7, 11) is -3.63. The zero-order valence-corrected chi connectivity index (χ0v) is 15.1. The van der Waals surface area contributed by atoms with Crippen LogP contribution >= 0.6 is 0 Å². The Balaban J connectivity index is 1.77. The summed E-state index contributed by atoms with van der Waals surface area (Å²) in [5.74, 6) is 0.785. The summed E-state index contributed by atoms with van der Waals surface area (Å²) in [4.78, 5) is 12.5. The van der Waals surface area contributed by atoms with Crippen molar-refractivity contribution in [3.8, 4) is 11.5 Å². The molecule has 0 unspecified atom stereocenters. The standard InChI is InChI=1S/C18H20N2O5S/c1-2-8-19-26(22,23)15-5-3-4-13(11-15)18(21)20-14-6-7-16-17(12-14)25-10-9-24-16/h3-7,11-12,19H,2,8-10H2,1H3,(H,20,21). The van der Waals surface area contributed by atoms with Gasteiger partial charge in [0.15, 0.2) is 11.5 Å².